The number of anilines is 1. The molecular formula is C9H11N5O3S. The van der Waals surface area contributed by atoms with Crippen LogP contribution in [0.2, 0.25) is 0 Å². The molecule has 0 aliphatic carbocycles. The molecule has 2 rings (SSSR count). The molecule has 1 fully saturated rings. The molecule has 9 heteroatoms. The van der Waals surface area contributed by atoms with Crippen LogP contribution in [-0.2, 0) is 9.59 Å². The van der Waals surface area contributed by atoms with Crippen LogP contribution >= 0.6 is 11.3 Å². The smallest absolute Gasteiger partial charge is 0.286 e. The highest BCUT2D eigenvalue weighted by Crippen LogP contribution is 2.18. The monoisotopic (exact) mass is 269 g/mol. The number of carbonyl (C=O) groups is 3. The van der Waals surface area contributed by atoms with E-state index in [9.17, 15) is 14.4 Å². The number of aromatic nitrogens is 2. The van der Waals surface area contributed by atoms with E-state index in [0.29, 0.717) is 5.13 Å². The lowest BCUT2D eigenvalue weighted by molar-refractivity contribution is -0.138. The number of imide groups is 1. The summed E-state index contributed by atoms with van der Waals surface area (Å²) in [6.45, 7) is 1.40. The third-order valence-electron chi connectivity index (χ3n) is 2.51. The van der Waals surface area contributed by atoms with Gasteiger partial charge in [0.15, 0.2) is 0 Å². The van der Waals surface area contributed by atoms with Crippen LogP contribution in [0, 0.1) is 0 Å². The fraction of sp³-hybridized carbons (Fsp3) is 0.444. The van der Waals surface area contributed by atoms with E-state index in [2.05, 4.69) is 20.8 Å². The average molecular weight is 269 g/mol. The van der Waals surface area contributed by atoms with E-state index < -0.39 is 23.8 Å². The van der Waals surface area contributed by atoms with Crippen LogP contribution in [0.15, 0.2) is 0 Å². The van der Waals surface area contributed by atoms with E-state index in [1.165, 1.54) is 4.90 Å². The van der Waals surface area contributed by atoms with Crippen molar-refractivity contribution in [2.75, 3.05) is 18.9 Å². The van der Waals surface area contributed by atoms with Crippen LogP contribution in [0.5, 0.6) is 0 Å². The number of hydrogen-bond donors (Lipinski definition) is 2. The second kappa shape index (κ2) is 4.69. The zero-order chi connectivity index (χ0) is 13.3. The zero-order valence-electron chi connectivity index (χ0n) is 9.76. The van der Waals surface area contributed by atoms with Gasteiger partial charge in [-0.15, -0.1) is 10.2 Å². The van der Waals surface area contributed by atoms with Crippen LogP contribution in [0.25, 0.3) is 0 Å². The van der Waals surface area contributed by atoms with Gasteiger partial charge in [0.1, 0.15) is 12.6 Å². The normalized spacial score (nSPS) is 19.7. The van der Waals surface area contributed by atoms with Crippen molar-refractivity contribution < 1.29 is 14.4 Å². The second-order valence-corrected chi connectivity index (χ2v) is 4.66. The topological polar surface area (TPSA) is 104 Å². The zero-order valence-corrected chi connectivity index (χ0v) is 10.6. The summed E-state index contributed by atoms with van der Waals surface area (Å²) in [5, 5.41) is 13.0. The van der Waals surface area contributed by atoms with E-state index in [0.717, 1.165) is 11.3 Å². The molecule has 2 N–H and O–H groups in total. The Kier molecular flexibility index (Phi) is 3.24. The van der Waals surface area contributed by atoms with Crippen LogP contribution in [0.3, 0.4) is 0 Å². The minimum Gasteiger partial charge on any atom is -0.363 e. The summed E-state index contributed by atoms with van der Waals surface area (Å²) in [5.74, 6) is -1.45. The highest BCUT2D eigenvalue weighted by molar-refractivity contribution is 7.17. The Hall–Kier alpha value is -2.03. The maximum atomic E-state index is 12.1. The van der Waals surface area contributed by atoms with Gasteiger partial charge in [-0.05, 0) is 6.92 Å². The van der Waals surface area contributed by atoms with Gasteiger partial charge in [0, 0.05) is 7.05 Å². The second-order valence-electron chi connectivity index (χ2n) is 3.68. The molecule has 1 unspecified atom stereocenters. The summed E-state index contributed by atoms with van der Waals surface area (Å²) < 4.78 is 0. The maximum Gasteiger partial charge on any atom is 0.286 e. The van der Waals surface area contributed by atoms with Gasteiger partial charge in [-0.1, -0.05) is 11.3 Å². The highest BCUT2D eigenvalue weighted by Gasteiger charge is 2.35. The van der Waals surface area contributed by atoms with Crippen molar-refractivity contribution >= 4 is 34.2 Å². The first-order valence-electron chi connectivity index (χ1n) is 5.19. The van der Waals surface area contributed by atoms with Crippen LogP contribution in [0.1, 0.15) is 16.7 Å². The SMILES string of the molecule is CNc1nnc(C(=O)N2CC(=O)NC(=O)C2C)s1. The van der Waals surface area contributed by atoms with Crippen molar-refractivity contribution in [2.45, 2.75) is 13.0 Å². The molecule has 1 aliphatic rings. The van der Waals surface area contributed by atoms with Crippen molar-refractivity contribution in [1.29, 1.82) is 0 Å². The number of amides is 3. The van der Waals surface area contributed by atoms with E-state index in [1.54, 1.807) is 14.0 Å². The number of nitrogens with one attached hydrogen (secondary N) is 2. The van der Waals surface area contributed by atoms with Crippen LogP contribution in [-0.4, -0.2) is 52.5 Å². The molecule has 18 heavy (non-hydrogen) atoms. The molecule has 0 spiro atoms. The molecule has 1 atom stereocenters. The maximum absolute atomic E-state index is 12.1. The molecule has 1 aromatic heterocycles. The Morgan fingerprint density at radius 3 is 2.83 bits per heavy atom. The molecule has 3 amide bonds. The first kappa shape index (κ1) is 12.4. The number of carbonyl (C=O) groups excluding carboxylic acids is 3. The molecule has 96 valence electrons. The van der Waals surface area contributed by atoms with Gasteiger partial charge in [-0.2, -0.15) is 0 Å². The molecule has 1 saturated heterocycles. The van der Waals surface area contributed by atoms with E-state index in [-0.39, 0.29) is 11.6 Å². The largest absolute Gasteiger partial charge is 0.363 e. The predicted molar refractivity (Wildman–Crippen MR) is 63.1 cm³/mol. The minimum absolute atomic E-state index is 0.147. The Labute approximate surface area is 106 Å². The van der Waals surface area contributed by atoms with Crippen LogP contribution < -0.4 is 10.6 Å². The highest BCUT2D eigenvalue weighted by atomic mass is 32.1. The third-order valence-corrected chi connectivity index (χ3v) is 3.43. The Morgan fingerprint density at radius 2 is 2.22 bits per heavy atom. The van der Waals surface area contributed by atoms with Gasteiger partial charge in [-0.3, -0.25) is 19.7 Å². The van der Waals surface area contributed by atoms with Gasteiger partial charge in [0.25, 0.3) is 5.91 Å². The lowest BCUT2D eigenvalue weighted by Crippen LogP contribution is -2.58. The summed E-state index contributed by atoms with van der Waals surface area (Å²) >= 11 is 1.07. The number of piperazine rings is 1. The molecular weight excluding hydrogens is 258 g/mol. The fourth-order valence-electron chi connectivity index (χ4n) is 1.50. The molecule has 1 aliphatic heterocycles. The first-order chi connectivity index (χ1) is 8.52. The van der Waals surface area contributed by atoms with E-state index in [1.807, 2.05) is 0 Å². The van der Waals surface area contributed by atoms with Crippen molar-refractivity contribution in [3.63, 3.8) is 0 Å². The first-order valence-corrected chi connectivity index (χ1v) is 6.00. The number of hydrogen-bond acceptors (Lipinski definition) is 7. The predicted octanol–water partition coefficient (Wildman–Crippen LogP) is -0.933. The van der Waals surface area contributed by atoms with Gasteiger partial charge in [-0.25, -0.2) is 0 Å². The van der Waals surface area contributed by atoms with E-state index >= 15 is 0 Å². The summed E-state index contributed by atoms with van der Waals surface area (Å²) in [4.78, 5) is 36.0. The summed E-state index contributed by atoms with van der Waals surface area (Å²) in [5.41, 5.74) is 0. The van der Waals surface area contributed by atoms with Gasteiger partial charge >= 0.3 is 0 Å². The van der Waals surface area contributed by atoms with Crippen molar-refractivity contribution in [3.8, 4) is 0 Å². The molecule has 0 bridgehead atoms. The van der Waals surface area contributed by atoms with Crippen molar-refractivity contribution in [3.05, 3.63) is 5.01 Å². The Morgan fingerprint density at radius 1 is 1.50 bits per heavy atom. The Bertz CT molecular complexity index is 514. The lowest BCUT2D eigenvalue weighted by Gasteiger charge is -2.30. The van der Waals surface area contributed by atoms with Gasteiger partial charge < -0.3 is 10.2 Å². The van der Waals surface area contributed by atoms with Crippen LogP contribution in [0.4, 0.5) is 5.13 Å². The molecule has 1 aromatic rings. The van der Waals surface area contributed by atoms with Crippen molar-refractivity contribution in [2.24, 2.45) is 0 Å². The van der Waals surface area contributed by atoms with Gasteiger partial charge in [0.2, 0.25) is 22.0 Å². The molecule has 0 aromatic carbocycles. The summed E-state index contributed by atoms with van der Waals surface area (Å²) in [6, 6.07) is -0.697. The lowest BCUT2D eigenvalue weighted by atomic mass is 10.2. The molecule has 8 nitrogen and oxygen atoms in total. The molecule has 0 radical (unpaired) electrons. The molecule has 0 saturated carbocycles. The molecule has 2 heterocycles. The number of rotatable bonds is 2. The third kappa shape index (κ3) is 2.16. The summed E-state index contributed by atoms with van der Waals surface area (Å²) in [6.07, 6.45) is 0. The minimum atomic E-state index is -0.697. The fourth-order valence-corrected chi connectivity index (χ4v) is 2.15. The Balaban J connectivity index is 2.21. The summed E-state index contributed by atoms with van der Waals surface area (Å²) in [7, 11) is 1.66. The van der Waals surface area contributed by atoms with E-state index in [4.69, 9.17) is 0 Å². The van der Waals surface area contributed by atoms with Gasteiger partial charge in [0.05, 0.1) is 0 Å². The van der Waals surface area contributed by atoms with Crippen molar-refractivity contribution in [1.82, 2.24) is 20.4 Å². The number of nitrogens with zero attached hydrogens (tertiary/aromatic N) is 3. The quantitative estimate of drug-likeness (QED) is 0.672. The standard InChI is InChI=1S/C9H11N5O3S/c1-4-6(16)11-5(15)3-14(4)8(17)7-12-13-9(10-2)18-7/h4H,3H2,1-2H3,(H,10,13)(H,11,15,16). The average Bonchev–Trinajstić information content (AvgIpc) is 2.81.